The molecule has 3 amide bonds. The highest BCUT2D eigenvalue weighted by atomic mass is 35.5. The van der Waals surface area contributed by atoms with Crippen molar-refractivity contribution < 1.29 is 14.0 Å². The van der Waals surface area contributed by atoms with E-state index < -0.39 is 17.9 Å². The number of anilines is 1. The largest absolute Gasteiger partial charge is 0.327 e. The monoisotopic (exact) mass is 373 g/mol. The van der Waals surface area contributed by atoms with E-state index in [2.05, 4.69) is 16.0 Å². The first kappa shape index (κ1) is 17.9. The standard InChI is InChI=1S/C19H17ClFN3O2/c1-10-3-8-14(9-15(10)20)23-18(25)16-11(2)22-19(26)24-17(16)12-4-6-13(21)7-5-12/h3-9,17H,1-2H3,(H,23,25)(H2,22,24,26)/t17-/m1/s1. The maximum absolute atomic E-state index is 13.2. The summed E-state index contributed by atoms with van der Waals surface area (Å²) in [4.78, 5) is 24.7. The lowest BCUT2D eigenvalue weighted by Gasteiger charge is -2.28. The summed E-state index contributed by atoms with van der Waals surface area (Å²) < 4.78 is 13.2. The summed E-state index contributed by atoms with van der Waals surface area (Å²) in [6.45, 7) is 3.51. The van der Waals surface area contributed by atoms with Crippen LogP contribution in [0.1, 0.15) is 24.1 Å². The summed E-state index contributed by atoms with van der Waals surface area (Å²) in [6, 6.07) is 9.74. The van der Waals surface area contributed by atoms with Gasteiger partial charge in [-0.3, -0.25) is 4.79 Å². The molecule has 134 valence electrons. The van der Waals surface area contributed by atoms with Gasteiger partial charge in [0.25, 0.3) is 5.91 Å². The van der Waals surface area contributed by atoms with Crippen LogP contribution in [0, 0.1) is 12.7 Å². The minimum Gasteiger partial charge on any atom is -0.327 e. The molecular formula is C19H17ClFN3O2. The highest BCUT2D eigenvalue weighted by Gasteiger charge is 2.31. The van der Waals surface area contributed by atoms with Gasteiger partial charge in [-0.25, -0.2) is 9.18 Å². The topological polar surface area (TPSA) is 70.2 Å². The van der Waals surface area contributed by atoms with Crippen LogP contribution in [0.25, 0.3) is 0 Å². The molecule has 0 aromatic heterocycles. The van der Waals surface area contributed by atoms with Gasteiger partial charge >= 0.3 is 6.03 Å². The van der Waals surface area contributed by atoms with Gasteiger partial charge in [0.1, 0.15) is 5.82 Å². The number of halogens is 2. The molecular weight excluding hydrogens is 357 g/mol. The Hall–Kier alpha value is -2.86. The van der Waals surface area contributed by atoms with E-state index in [0.717, 1.165) is 5.56 Å². The van der Waals surface area contributed by atoms with Crippen molar-refractivity contribution in [3.8, 4) is 0 Å². The maximum atomic E-state index is 13.2. The highest BCUT2D eigenvalue weighted by molar-refractivity contribution is 6.31. The summed E-state index contributed by atoms with van der Waals surface area (Å²) >= 11 is 6.10. The molecule has 5 nitrogen and oxygen atoms in total. The molecule has 0 aliphatic carbocycles. The molecule has 2 aromatic carbocycles. The number of hydrogen-bond donors (Lipinski definition) is 3. The van der Waals surface area contributed by atoms with Crippen molar-refractivity contribution in [2.24, 2.45) is 0 Å². The second kappa shape index (κ2) is 7.17. The molecule has 1 atom stereocenters. The second-order valence-electron chi connectivity index (χ2n) is 6.04. The molecule has 2 aromatic rings. The number of hydrogen-bond acceptors (Lipinski definition) is 2. The summed E-state index contributed by atoms with van der Waals surface area (Å²) in [5.74, 6) is -0.778. The summed E-state index contributed by atoms with van der Waals surface area (Å²) in [5, 5.41) is 8.63. The van der Waals surface area contributed by atoms with Gasteiger partial charge in [0.15, 0.2) is 0 Å². The first-order valence-electron chi connectivity index (χ1n) is 7.96. The molecule has 1 aliphatic rings. The van der Waals surface area contributed by atoms with Gasteiger partial charge in [0.05, 0.1) is 11.6 Å². The summed E-state index contributed by atoms with van der Waals surface area (Å²) in [5.41, 5.74) is 2.82. The molecule has 7 heteroatoms. The lowest BCUT2D eigenvalue weighted by molar-refractivity contribution is -0.113. The Kier molecular flexibility index (Phi) is 4.95. The zero-order valence-electron chi connectivity index (χ0n) is 14.2. The molecule has 0 radical (unpaired) electrons. The lowest BCUT2D eigenvalue weighted by Crippen LogP contribution is -2.45. The number of allylic oxidation sites excluding steroid dienone is 1. The van der Waals surface area contributed by atoms with E-state index in [0.29, 0.717) is 27.5 Å². The van der Waals surface area contributed by atoms with Gasteiger partial charge in [-0.1, -0.05) is 29.8 Å². The fraction of sp³-hybridized carbons (Fsp3) is 0.158. The van der Waals surface area contributed by atoms with Crippen LogP contribution < -0.4 is 16.0 Å². The smallest absolute Gasteiger partial charge is 0.319 e. The number of amides is 3. The SMILES string of the molecule is CC1=C(C(=O)Nc2ccc(C)c(Cl)c2)[C@@H](c2ccc(F)cc2)NC(=O)N1. The summed E-state index contributed by atoms with van der Waals surface area (Å²) in [7, 11) is 0. The van der Waals surface area contributed by atoms with Gasteiger partial charge in [0.2, 0.25) is 0 Å². The Bertz CT molecular complexity index is 910. The average Bonchev–Trinajstić information content (AvgIpc) is 2.58. The number of nitrogens with one attached hydrogen (secondary N) is 3. The Balaban J connectivity index is 1.93. The third-order valence-electron chi connectivity index (χ3n) is 4.15. The van der Waals surface area contributed by atoms with Crippen molar-refractivity contribution in [1.82, 2.24) is 10.6 Å². The molecule has 0 spiro atoms. The molecule has 0 bridgehead atoms. The van der Waals surface area contributed by atoms with Crippen molar-refractivity contribution >= 4 is 29.2 Å². The normalized spacial score (nSPS) is 16.8. The number of carbonyl (C=O) groups is 2. The fourth-order valence-corrected chi connectivity index (χ4v) is 2.95. The van der Waals surface area contributed by atoms with Crippen LogP contribution >= 0.6 is 11.6 Å². The first-order chi connectivity index (χ1) is 12.3. The molecule has 1 heterocycles. The zero-order valence-corrected chi connectivity index (χ0v) is 14.9. The van der Waals surface area contributed by atoms with Crippen molar-refractivity contribution in [2.75, 3.05) is 5.32 Å². The van der Waals surface area contributed by atoms with Crippen LogP contribution in [-0.2, 0) is 4.79 Å². The number of aryl methyl sites for hydroxylation is 1. The fourth-order valence-electron chi connectivity index (χ4n) is 2.77. The first-order valence-corrected chi connectivity index (χ1v) is 8.34. The quantitative estimate of drug-likeness (QED) is 0.759. The van der Waals surface area contributed by atoms with Crippen LogP contribution in [0.15, 0.2) is 53.7 Å². The van der Waals surface area contributed by atoms with Crippen molar-refractivity contribution in [2.45, 2.75) is 19.9 Å². The Morgan fingerprint density at radius 2 is 1.85 bits per heavy atom. The second-order valence-corrected chi connectivity index (χ2v) is 6.45. The summed E-state index contributed by atoms with van der Waals surface area (Å²) in [6.07, 6.45) is 0. The van der Waals surface area contributed by atoms with E-state index in [9.17, 15) is 14.0 Å². The van der Waals surface area contributed by atoms with E-state index in [1.165, 1.54) is 24.3 Å². The Morgan fingerprint density at radius 3 is 2.50 bits per heavy atom. The lowest BCUT2D eigenvalue weighted by atomic mass is 9.95. The van der Waals surface area contributed by atoms with Crippen LogP contribution in [-0.4, -0.2) is 11.9 Å². The average molecular weight is 374 g/mol. The van der Waals surface area contributed by atoms with E-state index in [-0.39, 0.29) is 5.91 Å². The molecule has 26 heavy (non-hydrogen) atoms. The third kappa shape index (κ3) is 3.70. The number of urea groups is 1. The van der Waals surface area contributed by atoms with Gasteiger partial charge in [0, 0.05) is 16.4 Å². The molecule has 0 saturated heterocycles. The zero-order chi connectivity index (χ0) is 18.8. The molecule has 0 unspecified atom stereocenters. The highest BCUT2D eigenvalue weighted by Crippen LogP contribution is 2.28. The van der Waals surface area contributed by atoms with Gasteiger partial charge in [-0.15, -0.1) is 0 Å². The van der Waals surface area contributed by atoms with Crippen molar-refractivity contribution in [3.05, 3.63) is 75.7 Å². The predicted molar refractivity (Wildman–Crippen MR) is 98.3 cm³/mol. The number of benzene rings is 2. The van der Waals surface area contributed by atoms with Crippen LogP contribution in [0.3, 0.4) is 0 Å². The van der Waals surface area contributed by atoms with E-state index >= 15 is 0 Å². The number of carbonyl (C=O) groups excluding carboxylic acids is 2. The van der Waals surface area contributed by atoms with E-state index in [1.54, 1.807) is 25.1 Å². The molecule has 0 fully saturated rings. The van der Waals surface area contributed by atoms with E-state index in [1.807, 2.05) is 6.92 Å². The van der Waals surface area contributed by atoms with Gasteiger partial charge < -0.3 is 16.0 Å². The molecule has 3 rings (SSSR count). The van der Waals surface area contributed by atoms with Crippen LogP contribution in [0.5, 0.6) is 0 Å². The van der Waals surface area contributed by atoms with Crippen LogP contribution in [0.4, 0.5) is 14.9 Å². The Morgan fingerprint density at radius 1 is 1.15 bits per heavy atom. The molecule has 3 N–H and O–H groups in total. The minimum absolute atomic E-state index is 0.341. The maximum Gasteiger partial charge on any atom is 0.319 e. The number of rotatable bonds is 3. The van der Waals surface area contributed by atoms with Crippen molar-refractivity contribution in [3.63, 3.8) is 0 Å². The Labute approximate surface area is 155 Å². The predicted octanol–water partition coefficient (Wildman–Crippen LogP) is 4.05. The van der Waals surface area contributed by atoms with Gasteiger partial charge in [-0.05, 0) is 49.2 Å². The van der Waals surface area contributed by atoms with Crippen LogP contribution in [0.2, 0.25) is 5.02 Å². The van der Waals surface area contributed by atoms with E-state index in [4.69, 9.17) is 11.6 Å². The molecule has 0 saturated carbocycles. The minimum atomic E-state index is -0.690. The molecule has 1 aliphatic heterocycles. The van der Waals surface area contributed by atoms with Gasteiger partial charge in [-0.2, -0.15) is 0 Å². The van der Waals surface area contributed by atoms with Crippen molar-refractivity contribution in [1.29, 1.82) is 0 Å². The third-order valence-corrected chi connectivity index (χ3v) is 4.55.